The molecule has 0 aliphatic rings. The van der Waals surface area contributed by atoms with Gasteiger partial charge in [0, 0.05) is 10.6 Å². The van der Waals surface area contributed by atoms with Crippen LogP contribution in [0.15, 0.2) is 24.3 Å². The van der Waals surface area contributed by atoms with Gasteiger partial charge in [0.1, 0.15) is 6.04 Å². The Morgan fingerprint density at radius 2 is 2.40 bits per heavy atom. The van der Waals surface area contributed by atoms with Gasteiger partial charge >= 0.3 is 0 Å². The zero-order chi connectivity index (χ0) is 11.3. The van der Waals surface area contributed by atoms with Gasteiger partial charge in [0.2, 0.25) is 0 Å². The summed E-state index contributed by atoms with van der Waals surface area (Å²) < 4.78 is 0. The lowest BCUT2D eigenvalue weighted by Crippen LogP contribution is -2.33. The molecule has 0 aliphatic carbocycles. The van der Waals surface area contributed by atoms with Gasteiger partial charge in [-0.15, -0.1) is 0 Å². The van der Waals surface area contributed by atoms with Gasteiger partial charge < -0.3 is 5.32 Å². The van der Waals surface area contributed by atoms with Crippen LogP contribution in [0.25, 0.3) is 0 Å². The van der Waals surface area contributed by atoms with Crippen molar-refractivity contribution in [1.29, 1.82) is 5.26 Å². The SMILES string of the molecule is CCC(C#N)NC(=O)c1cccc(Cl)c1. The normalized spacial score (nSPS) is 11.5. The minimum atomic E-state index is -0.448. The van der Waals surface area contributed by atoms with Crippen molar-refractivity contribution in [3.05, 3.63) is 34.9 Å². The first-order chi connectivity index (χ1) is 7.17. The number of carbonyl (C=O) groups is 1. The fraction of sp³-hybridized carbons (Fsp3) is 0.273. The van der Waals surface area contributed by atoms with E-state index in [1.807, 2.05) is 13.0 Å². The summed E-state index contributed by atoms with van der Waals surface area (Å²) in [6.07, 6.45) is 0.586. The third kappa shape index (κ3) is 3.26. The summed E-state index contributed by atoms with van der Waals surface area (Å²) in [7, 11) is 0. The van der Waals surface area contributed by atoms with E-state index in [0.717, 1.165) is 0 Å². The molecule has 15 heavy (non-hydrogen) atoms. The highest BCUT2D eigenvalue weighted by Gasteiger charge is 2.10. The van der Waals surface area contributed by atoms with E-state index in [4.69, 9.17) is 16.9 Å². The van der Waals surface area contributed by atoms with E-state index >= 15 is 0 Å². The van der Waals surface area contributed by atoms with Crippen LogP contribution < -0.4 is 5.32 Å². The minimum Gasteiger partial charge on any atom is -0.336 e. The van der Waals surface area contributed by atoms with Crippen LogP contribution in [0, 0.1) is 11.3 Å². The smallest absolute Gasteiger partial charge is 0.252 e. The highest BCUT2D eigenvalue weighted by molar-refractivity contribution is 6.30. The quantitative estimate of drug-likeness (QED) is 0.854. The highest BCUT2D eigenvalue weighted by Crippen LogP contribution is 2.10. The van der Waals surface area contributed by atoms with Gasteiger partial charge in [-0.3, -0.25) is 4.79 Å². The van der Waals surface area contributed by atoms with Crippen LogP contribution in [-0.2, 0) is 0 Å². The summed E-state index contributed by atoms with van der Waals surface area (Å²) in [5.74, 6) is -0.272. The third-order valence-corrected chi connectivity index (χ3v) is 2.19. The molecule has 1 rings (SSSR count). The zero-order valence-electron chi connectivity index (χ0n) is 8.33. The molecule has 0 aliphatic heterocycles. The molecule has 0 fully saturated rings. The first-order valence-corrected chi connectivity index (χ1v) is 5.01. The summed E-state index contributed by atoms with van der Waals surface area (Å²) >= 11 is 5.75. The Bertz CT molecular complexity index is 398. The predicted octanol–water partition coefficient (Wildman–Crippen LogP) is 2.37. The van der Waals surface area contributed by atoms with E-state index in [-0.39, 0.29) is 5.91 Å². The molecule has 0 heterocycles. The molecule has 0 saturated heterocycles. The molecule has 0 bridgehead atoms. The number of carbonyl (C=O) groups excluding carboxylic acids is 1. The molecular weight excluding hydrogens is 212 g/mol. The molecule has 0 saturated carbocycles. The first-order valence-electron chi connectivity index (χ1n) is 4.63. The van der Waals surface area contributed by atoms with E-state index < -0.39 is 6.04 Å². The largest absolute Gasteiger partial charge is 0.336 e. The second-order valence-corrected chi connectivity index (χ2v) is 3.51. The van der Waals surface area contributed by atoms with Crippen molar-refractivity contribution in [2.75, 3.05) is 0 Å². The number of nitrogens with one attached hydrogen (secondary N) is 1. The zero-order valence-corrected chi connectivity index (χ0v) is 9.08. The lowest BCUT2D eigenvalue weighted by molar-refractivity contribution is 0.0944. The Morgan fingerprint density at radius 3 is 2.93 bits per heavy atom. The van der Waals surface area contributed by atoms with Crippen LogP contribution in [-0.4, -0.2) is 11.9 Å². The molecule has 0 spiro atoms. The number of hydrogen-bond acceptors (Lipinski definition) is 2. The Hall–Kier alpha value is -1.53. The molecule has 1 unspecified atom stereocenters. The van der Waals surface area contributed by atoms with Crippen molar-refractivity contribution < 1.29 is 4.79 Å². The molecule has 1 aromatic rings. The van der Waals surface area contributed by atoms with Crippen molar-refractivity contribution >= 4 is 17.5 Å². The van der Waals surface area contributed by atoms with Crippen molar-refractivity contribution in [3.8, 4) is 6.07 Å². The van der Waals surface area contributed by atoms with E-state index in [9.17, 15) is 4.79 Å². The second kappa shape index (κ2) is 5.38. The lowest BCUT2D eigenvalue weighted by atomic mass is 10.2. The van der Waals surface area contributed by atoms with Crippen molar-refractivity contribution in [2.45, 2.75) is 19.4 Å². The summed E-state index contributed by atoms with van der Waals surface area (Å²) in [6.45, 7) is 1.84. The monoisotopic (exact) mass is 222 g/mol. The van der Waals surface area contributed by atoms with Crippen LogP contribution in [0.4, 0.5) is 0 Å². The van der Waals surface area contributed by atoms with Crippen LogP contribution in [0.5, 0.6) is 0 Å². The standard InChI is InChI=1S/C11H11ClN2O/c1-2-10(7-13)14-11(15)8-4-3-5-9(12)6-8/h3-6,10H,2H2,1H3,(H,14,15). The van der Waals surface area contributed by atoms with Crippen LogP contribution in [0.1, 0.15) is 23.7 Å². The van der Waals surface area contributed by atoms with Gasteiger partial charge in [-0.2, -0.15) is 5.26 Å². The predicted molar refractivity (Wildman–Crippen MR) is 58.6 cm³/mol. The fourth-order valence-electron chi connectivity index (χ4n) is 1.10. The highest BCUT2D eigenvalue weighted by atomic mass is 35.5. The maximum Gasteiger partial charge on any atom is 0.252 e. The molecule has 4 heteroatoms. The summed E-state index contributed by atoms with van der Waals surface area (Å²) in [6, 6.07) is 8.18. The van der Waals surface area contributed by atoms with Crippen LogP contribution in [0.2, 0.25) is 5.02 Å². The van der Waals surface area contributed by atoms with E-state index in [1.54, 1.807) is 24.3 Å². The number of rotatable bonds is 3. The van der Waals surface area contributed by atoms with Gasteiger partial charge in [-0.05, 0) is 24.6 Å². The Morgan fingerprint density at radius 1 is 1.67 bits per heavy atom. The average molecular weight is 223 g/mol. The number of benzene rings is 1. The molecule has 1 amide bonds. The van der Waals surface area contributed by atoms with Gasteiger partial charge in [0.25, 0.3) is 5.91 Å². The van der Waals surface area contributed by atoms with Crippen molar-refractivity contribution in [3.63, 3.8) is 0 Å². The van der Waals surface area contributed by atoms with E-state index in [0.29, 0.717) is 17.0 Å². The number of nitriles is 1. The number of amides is 1. The first kappa shape index (κ1) is 11.5. The lowest BCUT2D eigenvalue weighted by Gasteiger charge is -2.08. The van der Waals surface area contributed by atoms with Gasteiger partial charge in [-0.1, -0.05) is 24.6 Å². The van der Waals surface area contributed by atoms with Crippen LogP contribution in [0.3, 0.4) is 0 Å². The Balaban J connectivity index is 2.74. The van der Waals surface area contributed by atoms with Crippen molar-refractivity contribution in [2.24, 2.45) is 0 Å². The van der Waals surface area contributed by atoms with E-state index in [2.05, 4.69) is 5.32 Å². The molecule has 1 atom stereocenters. The second-order valence-electron chi connectivity index (χ2n) is 3.07. The van der Waals surface area contributed by atoms with E-state index in [1.165, 1.54) is 0 Å². The molecule has 0 radical (unpaired) electrons. The summed E-state index contributed by atoms with van der Waals surface area (Å²) in [4.78, 5) is 11.6. The average Bonchev–Trinajstić information content (AvgIpc) is 2.25. The Labute approximate surface area is 93.7 Å². The minimum absolute atomic E-state index is 0.272. The summed E-state index contributed by atoms with van der Waals surface area (Å²) in [5, 5.41) is 11.8. The number of halogens is 1. The third-order valence-electron chi connectivity index (χ3n) is 1.96. The molecule has 0 aromatic heterocycles. The maximum absolute atomic E-state index is 11.6. The number of nitrogens with zero attached hydrogens (tertiary/aromatic N) is 1. The van der Waals surface area contributed by atoms with Gasteiger partial charge in [0.15, 0.2) is 0 Å². The topological polar surface area (TPSA) is 52.9 Å². The molecule has 1 N–H and O–H groups in total. The number of hydrogen-bond donors (Lipinski definition) is 1. The Kier molecular flexibility index (Phi) is 4.14. The molecule has 1 aromatic carbocycles. The van der Waals surface area contributed by atoms with Gasteiger partial charge in [0.05, 0.1) is 6.07 Å². The summed E-state index contributed by atoms with van der Waals surface area (Å²) in [5.41, 5.74) is 0.469. The maximum atomic E-state index is 11.6. The molecular formula is C11H11ClN2O. The molecule has 78 valence electrons. The van der Waals surface area contributed by atoms with Crippen molar-refractivity contribution in [1.82, 2.24) is 5.32 Å². The van der Waals surface area contributed by atoms with Gasteiger partial charge in [-0.25, -0.2) is 0 Å². The molecule has 3 nitrogen and oxygen atoms in total. The van der Waals surface area contributed by atoms with Crippen LogP contribution >= 0.6 is 11.6 Å². The fourth-order valence-corrected chi connectivity index (χ4v) is 1.29.